The topological polar surface area (TPSA) is 24.5 Å². The third kappa shape index (κ3) is 12.0. The molecule has 0 aromatic heterocycles. The molecule has 0 aromatic carbocycles. The number of rotatable bonds is 15. The molecule has 0 amide bonds. The molecule has 1 atom stereocenters. The van der Waals surface area contributed by atoms with E-state index in [9.17, 15) is 0 Å². The predicted octanol–water partition coefficient (Wildman–Crippen LogP) is 4.61. The van der Waals surface area contributed by atoms with Crippen molar-refractivity contribution in [3.63, 3.8) is 0 Å². The molecular weight excluding hydrogens is 284 g/mol. The second-order valence-corrected chi connectivity index (χ2v) is 7.14. The van der Waals surface area contributed by atoms with Gasteiger partial charge in [0.05, 0.1) is 6.10 Å². The Bertz CT molecular complexity index is 242. The van der Waals surface area contributed by atoms with E-state index in [4.69, 9.17) is 4.74 Å². The summed E-state index contributed by atoms with van der Waals surface area (Å²) in [5, 5.41) is 3.42. The summed E-state index contributed by atoms with van der Waals surface area (Å²) in [5.41, 5.74) is 0. The molecule has 0 spiro atoms. The number of nitrogens with zero attached hydrogens (tertiary/aromatic N) is 1. The normalized spacial score (nSPS) is 17.5. The molecule has 138 valence electrons. The van der Waals surface area contributed by atoms with Gasteiger partial charge in [-0.3, -0.25) is 0 Å². The van der Waals surface area contributed by atoms with Crippen molar-refractivity contribution in [2.75, 3.05) is 39.3 Å². The van der Waals surface area contributed by atoms with Crippen molar-refractivity contribution >= 4 is 0 Å². The molecule has 3 nitrogen and oxygen atoms in total. The zero-order valence-electron chi connectivity index (χ0n) is 16.0. The molecule has 0 radical (unpaired) electrons. The van der Waals surface area contributed by atoms with Gasteiger partial charge in [0.25, 0.3) is 0 Å². The fourth-order valence-corrected chi connectivity index (χ4v) is 3.38. The van der Waals surface area contributed by atoms with E-state index in [0.717, 1.165) is 19.7 Å². The van der Waals surface area contributed by atoms with Crippen LogP contribution in [0.5, 0.6) is 0 Å². The Labute approximate surface area is 145 Å². The molecule has 0 aliphatic carbocycles. The van der Waals surface area contributed by atoms with E-state index in [2.05, 4.69) is 24.1 Å². The number of ether oxygens (including phenoxy) is 1. The van der Waals surface area contributed by atoms with Gasteiger partial charge in [-0.15, -0.1) is 0 Å². The fraction of sp³-hybridized carbons (Fsp3) is 1.00. The van der Waals surface area contributed by atoms with Crippen molar-refractivity contribution in [2.24, 2.45) is 0 Å². The summed E-state index contributed by atoms with van der Waals surface area (Å²) >= 11 is 0. The first-order valence-electron chi connectivity index (χ1n) is 10.4. The second kappa shape index (κ2) is 15.4. The number of hydrogen-bond acceptors (Lipinski definition) is 3. The lowest BCUT2D eigenvalue weighted by molar-refractivity contribution is 0.0321. The van der Waals surface area contributed by atoms with Crippen LogP contribution in [0.2, 0.25) is 0 Å². The molecule has 1 saturated heterocycles. The van der Waals surface area contributed by atoms with Crippen molar-refractivity contribution in [3.05, 3.63) is 0 Å². The molecule has 1 heterocycles. The lowest BCUT2D eigenvalue weighted by Crippen LogP contribution is -2.43. The minimum Gasteiger partial charge on any atom is -0.378 e. The average Bonchev–Trinajstić information content (AvgIpc) is 2.59. The molecule has 1 unspecified atom stereocenters. The third-order valence-electron chi connectivity index (χ3n) is 4.94. The Morgan fingerprint density at radius 2 is 1.43 bits per heavy atom. The molecule has 0 aromatic rings. The zero-order chi connectivity index (χ0) is 16.6. The van der Waals surface area contributed by atoms with Gasteiger partial charge in [0.1, 0.15) is 0 Å². The van der Waals surface area contributed by atoms with Crippen molar-refractivity contribution < 1.29 is 4.74 Å². The van der Waals surface area contributed by atoms with Crippen LogP contribution in [-0.4, -0.2) is 50.3 Å². The van der Waals surface area contributed by atoms with Gasteiger partial charge in [0, 0.05) is 39.3 Å². The Balaban J connectivity index is 2.08. The van der Waals surface area contributed by atoms with Crippen LogP contribution < -0.4 is 5.32 Å². The van der Waals surface area contributed by atoms with Crippen LogP contribution in [0.4, 0.5) is 0 Å². The molecule has 0 bridgehead atoms. The Kier molecular flexibility index (Phi) is 14.0. The van der Waals surface area contributed by atoms with Crippen LogP contribution in [0.15, 0.2) is 0 Å². The molecule has 1 aliphatic rings. The van der Waals surface area contributed by atoms with Crippen LogP contribution in [0.25, 0.3) is 0 Å². The maximum atomic E-state index is 6.24. The van der Waals surface area contributed by atoms with Gasteiger partial charge >= 0.3 is 0 Å². The van der Waals surface area contributed by atoms with E-state index in [1.165, 1.54) is 90.3 Å². The molecule has 23 heavy (non-hydrogen) atoms. The number of unbranched alkanes of at least 4 members (excludes halogenated alkanes) is 6. The van der Waals surface area contributed by atoms with Gasteiger partial charge in [-0.05, 0) is 19.3 Å². The highest BCUT2D eigenvalue weighted by atomic mass is 16.5. The summed E-state index contributed by atoms with van der Waals surface area (Å²) in [4.78, 5) is 2.57. The molecule has 0 saturated carbocycles. The van der Waals surface area contributed by atoms with Crippen LogP contribution in [0, 0.1) is 0 Å². The van der Waals surface area contributed by atoms with Gasteiger partial charge in [-0.1, -0.05) is 65.2 Å². The fourth-order valence-electron chi connectivity index (χ4n) is 3.38. The van der Waals surface area contributed by atoms with Gasteiger partial charge in [0.2, 0.25) is 0 Å². The number of nitrogens with one attached hydrogen (secondary N) is 1. The summed E-state index contributed by atoms with van der Waals surface area (Å²) < 4.78 is 6.24. The van der Waals surface area contributed by atoms with Crippen LogP contribution >= 0.6 is 0 Å². The summed E-state index contributed by atoms with van der Waals surface area (Å²) in [6, 6.07) is 0. The van der Waals surface area contributed by atoms with Crippen LogP contribution in [0.3, 0.4) is 0 Å². The van der Waals surface area contributed by atoms with E-state index in [0.29, 0.717) is 6.10 Å². The summed E-state index contributed by atoms with van der Waals surface area (Å²) in [6.07, 6.45) is 15.2. The first-order valence-corrected chi connectivity index (χ1v) is 10.4. The zero-order valence-corrected chi connectivity index (χ0v) is 16.0. The van der Waals surface area contributed by atoms with Gasteiger partial charge in [-0.25, -0.2) is 0 Å². The summed E-state index contributed by atoms with van der Waals surface area (Å²) in [5.74, 6) is 0. The second-order valence-electron chi connectivity index (χ2n) is 7.14. The third-order valence-corrected chi connectivity index (χ3v) is 4.94. The maximum Gasteiger partial charge on any atom is 0.0575 e. The largest absolute Gasteiger partial charge is 0.378 e. The number of hydrogen-bond donors (Lipinski definition) is 1. The van der Waals surface area contributed by atoms with Gasteiger partial charge in [-0.2, -0.15) is 0 Å². The van der Waals surface area contributed by atoms with Crippen molar-refractivity contribution in [1.29, 1.82) is 0 Å². The van der Waals surface area contributed by atoms with Crippen molar-refractivity contribution in [3.8, 4) is 0 Å². The molecule has 1 fully saturated rings. The van der Waals surface area contributed by atoms with E-state index >= 15 is 0 Å². The predicted molar refractivity (Wildman–Crippen MR) is 101 cm³/mol. The van der Waals surface area contributed by atoms with Crippen molar-refractivity contribution in [2.45, 2.75) is 90.6 Å². The SMILES string of the molecule is CCCCCCCC(CCCCC)OCCCN1CCNCC1. The molecule has 1 N–H and O–H groups in total. The van der Waals surface area contributed by atoms with Crippen molar-refractivity contribution in [1.82, 2.24) is 10.2 Å². The highest BCUT2D eigenvalue weighted by Gasteiger charge is 2.11. The smallest absolute Gasteiger partial charge is 0.0575 e. The maximum absolute atomic E-state index is 6.24. The standard InChI is InChI=1S/C20H42N2O/c1-3-5-7-8-10-13-20(12-9-6-4-2)23-19-11-16-22-17-14-21-15-18-22/h20-21H,3-19H2,1-2H3. The van der Waals surface area contributed by atoms with Crippen LogP contribution in [0.1, 0.15) is 84.5 Å². The lowest BCUT2D eigenvalue weighted by atomic mass is 10.0. The minimum absolute atomic E-state index is 0.520. The van der Waals surface area contributed by atoms with Gasteiger partial charge in [0.15, 0.2) is 0 Å². The number of piperazine rings is 1. The quantitative estimate of drug-likeness (QED) is 0.445. The Morgan fingerprint density at radius 1 is 0.826 bits per heavy atom. The van der Waals surface area contributed by atoms with Gasteiger partial charge < -0.3 is 15.0 Å². The first kappa shape index (κ1) is 20.9. The van der Waals surface area contributed by atoms with E-state index in [1.807, 2.05) is 0 Å². The summed E-state index contributed by atoms with van der Waals surface area (Å²) in [6.45, 7) is 11.4. The van der Waals surface area contributed by atoms with E-state index in [1.54, 1.807) is 0 Å². The molecule has 3 heteroatoms. The average molecular weight is 327 g/mol. The molecular formula is C20H42N2O. The molecule has 1 rings (SSSR count). The Morgan fingerprint density at radius 3 is 2.13 bits per heavy atom. The monoisotopic (exact) mass is 326 g/mol. The van der Waals surface area contributed by atoms with E-state index < -0.39 is 0 Å². The van der Waals surface area contributed by atoms with E-state index in [-0.39, 0.29) is 0 Å². The Hall–Kier alpha value is -0.120. The van der Waals surface area contributed by atoms with Crippen LogP contribution in [-0.2, 0) is 4.74 Å². The first-order chi connectivity index (χ1) is 11.4. The molecule has 1 aliphatic heterocycles. The summed E-state index contributed by atoms with van der Waals surface area (Å²) in [7, 11) is 0. The lowest BCUT2D eigenvalue weighted by Gasteiger charge is -2.27. The minimum atomic E-state index is 0.520. The highest BCUT2D eigenvalue weighted by molar-refractivity contribution is 4.67. The highest BCUT2D eigenvalue weighted by Crippen LogP contribution is 2.15.